The van der Waals surface area contributed by atoms with E-state index in [1.807, 2.05) is 13.8 Å². The van der Waals surface area contributed by atoms with Crippen LogP contribution in [0.1, 0.15) is 105 Å². The lowest BCUT2D eigenvalue weighted by Crippen LogP contribution is -2.64. The first kappa shape index (κ1) is 74.5. The number of hydrogen-bond donors (Lipinski definition) is 19. The molecule has 7 heterocycles. The fourth-order valence-corrected chi connectivity index (χ4v) is 12.9. The summed E-state index contributed by atoms with van der Waals surface area (Å²) in [5, 5.41) is 131. The van der Waals surface area contributed by atoms with Gasteiger partial charge in [0.2, 0.25) is 53.4 Å². The number of carbonyl (C=O) groups excluding carboxylic acids is 7. The molecule has 2 fully saturated rings. The largest absolute Gasteiger partial charge is 0.508 e. The number of aliphatic hydroxyl groups excluding tert-OH is 6. The zero-order chi connectivity index (χ0) is 73.5. The molecule has 7 amide bonds. The van der Waals surface area contributed by atoms with Gasteiger partial charge < -0.3 is 128 Å². The molecule has 101 heavy (non-hydrogen) atoms. The van der Waals surface area contributed by atoms with Gasteiger partial charge in [0.05, 0.1) is 41.3 Å². The highest BCUT2D eigenvalue weighted by Crippen LogP contribution is 2.50. The van der Waals surface area contributed by atoms with Crippen LogP contribution >= 0.6 is 23.2 Å². The second-order valence-electron chi connectivity index (χ2n) is 25.7. The van der Waals surface area contributed by atoms with E-state index in [9.17, 15) is 75.0 Å². The number of amides is 7. The highest BCUT2D eigenvalue weighted by molar-refractivity contribution is 6.32. The van der Waals surface area contributed by atoms with Crippen molar-refractivity contribution in [2.75, 3.05) is 13.7 Å². The zero-order valence-corrected chi connectivity index (χ0v) is 55.8. The normalized spacial score (nSPS) is 29.4. The van der Waals surface area contributed by atoms with Gasteiger partial charge in [-0.15, -0.1) is 0 Å². The van der Waals surface area contributed by atoms with Gasteiger partial charge in [0.25, 0.3) is 0 Å². The second-order valence-corrected chi connectivity index (χ2v) is 26.5. The molecular formula is C66H75Cl2N9O24. The SMILES string of the molecule is CN[C@H](CC(C)C)C(=O)N[C@H]1C(=O)N[C@@H](CC(N)=O)C(=O)N[C@H]2C(=O)NC3C(=O)N[C@H](C(=O)N[C@H](C(=O)O)c4cc(O)cc(O)c4-c4cc3ccc4O)[C@H](O)c3ccc(c(Cl)c3)Oc3cc2cc(c3OC2OC(CO)C(O)C(O)C2OC2CC(C)(N)C(O)C(C)O2)Oc2ccc(cc2Cl)[C@H]1O. The predicted molar refractivity (Wildman–Crippen MR) is 349 cm³/mol. The lowest BCUT2D eigenvalue weighted by atomic mass is 9.86. The number of carboxylic acids is 1. The van der Waals surface area contributed by atoms with E-state index < -0.39 is 237 Å². The fourth-order valence-electron chi connectivity index (χ4n) is 12.5. The van der Waals surface area contributed by atoms with Gasteiger partial charge in [0.15, 0.2) is 29.9 Å². The molecule has 18 atom stereocenters. The fraction of sp³-hybridized carbons (Fsp3) is 0.424. The number of nitrogens with two attached hydrogens (primary N) is 2. The number of aliphatic carboxylic acids is 1. The Morgan fingerprint density at radius 2 is 1.32 bits per heavy atom. The first-order valence-electron chi connectivity index (χ1n) is 31.6. The molecule has 35 heteroatoms. The van der Waals surface area contributed by atoms with E-state index in [1.165, 1.54) is 33.0 Å². The van der Waals surface area contributed by atoms with E-state index in [0.717, 1.165) is 66.7 Å². The van der Waals surface area contributed by atoms with Crippen molar-refractivity contribution in [1.82, 2.24) is 37.2 Å². The van der Waals surface area contributed by atoms with Crippen molar-refractivity contribution in [3.8, 4) is 57.1 Å². The third kappa shape index (κ3) is 15.8. The molecule has 5 aromatic rings. The van der Waals surface area contributed by atoms with E-state index in [-0.39, 0.29) is 46.2 Å². The minimum atomic E-state index is -2.35. The van der Waals surface area contributed by atoms with E-state index in [0.29, 0.717) is 0 Å². The molecule has 5 aromatic carbocycles. The zero-order valence-electron chi connectivity index (χ0n) is 54.3. The van der Waals surface area contributed by atoms with E-state index in [4.69, 9.17) is 63.1 Å². The van der Waals surface area contributed by atoms with Crippen LogP contribution in [0.2, 0.25) is 10.0 Å². The summed E-state index contributed by atoms with van der Waals surface area (Å²) in [6, 6.07) is -0.679. The number of nitrogens with one attached hydrogen (secondary N) is 7. The van der Waals surface area contributed by atoms with Crippen molar-refractivity contribution < 1.29 is 118 Å². The maximum absolute atomic E-state index is 16.0. The lowest BCUT2D eigenvalue weighted by molar-refractivity contribution is -0.333. The van der Waals surface area contributed by atoms with Gasteiger partial charge in [-0.2, -0.15) is 0 Å². The number of benzene rings is 5. The first-order chi connectivity index (χ1) is 47.7. The number of primary amides is 1. The quantitative estimate of drug-likeness (QED) is 0.0743. The number of aromatic hydroxyl groups is 3. The monoisotopic (exact) mass is 1450 g/mol. The maximum Gasteiger partial charge on any atom is 0.330 e. The Morgan fingerprint density at radius 3 is 1.90 bits per heavy atom. The highest BCUT2D eigenvalue weighted by Gasteiger charge is 2.51. The maximum atomic E-state index is 16.0. The molecule has 10 unspecified atom stereocenters. The molecule has 0 aliphatic carbocycles. The molecule has 0 spiro atoms. The molecule has 2 saturated heterocycles. The summed E-state index contributed by atoms with van der Waals surface area (Å²) in [6.45, 7) is 5.66. The molecule has 11 bridgehead atoms. The molecular weight excluding hydrogens is 1370 g/mol. The van der Waals surface area contributed by atoms with Gasteiger partial charge in [-0.25, -0.2) is 4.79 Å². The average molecular weight is 1450 g/mol. The molecule has 33 nitrogen and oxygen atoms in total. The number of rotatable bonds is 13. The average Bonchev–Trinajstić information content (AvgIpc) is 0.775. The Labute approximate surface area is 584 Å². The summed E-state index contributed by atoms with van der Waals surface area (Å²) < 4.78 is 38.3. The summed E-state index contributed by atoms with van der Waals surface area (Å²) in [4.78, 5) is 117. The Morgan fingerprint density at radius 1 is 0.713 bits per heavy atom. The summed E-state index contributed by atoms with van der Waals surface area (Å²) in [7, 11) is 1.47. The van der Waals surface area contributed by atoms with Crippen LogP contribution in [0.25, 0.3) is 11.1 Å². The van der Waals surface area contributed by atoms with E-state index in [1.54, 1.807) is 0 Å². The summed E-state index contributed by atoms with van der Waals surface area (Å²) in [5.41, 5.74) is 8.00. The minimum Gasteiger partial charge on any atom is -0.508 e. The summed E-state index contributed by atoms with van der Waals surface area (Å²) in [6.07, 6.45) is -18.6. The topological polar surface area (TPSA) is 530 Å². The van der Waals surface area contributed by atoms with Gasteiger partial charge in [-0.05, 0) is 110 Å². The van der Waals surface area contributed by atoms with Gasteiger partial charge in [-0.3, -0.25) is 33.6 Å². The minimum absolute atomic E-state index is 0.0975. The standard InChI is InChI=1S/C66H75Cl2N9O24/c1-23(2)12-34(71-5)58(88)76-49-51(83)26-7-10-38(32(67)14-26)97-40-16-28-17-41(55(40)101-65-56(54(86)53(85)42(22-78)99-65)100-44-21-66(4,70)57(87)24(3)96-44)98-39-11-8-27(15-33(39)68)52(84)50-63(93)75-48(64(94)95)31-18-29(79)19-37(81)45(31)30-13-25(6-9-36(30)80)46(60(90)77-50)74-61(91)47(28)73-59(89)35(20-43(69)82)72-62(49)92/h6-11,13-19,23-24,34-35,42,44,46-54,56-57,65,71,78-81,83-87H,12,20-22,70H2,1-5H3,(H2,69,82)(H,72,92)(H,73,89)(H,74,91)(H,75,93)(H,76,88)(H,77,90)(H,94,95)/t24?,34-,35+,42?,44?,46?,47-,48+,49-,50+,51-,52-,53?,54?,56?,57?,65?,66?/m1/s1. The Bertz CT molecular complexity index is 4070. The van der Waals surface area contributed by atoms with Crippen molar-refractivity contribution in [2.24, 2.45) is 17.4 Å². The Hall–Kier alpha value is -9.20. The van der Waals surface area contributed by atoms with Crippen molar-refractivity contribution in [3.63, 3.8) is 0 Å². The van der Waals surface area contributed by atoms with Crippen molar-refractivity contribution in [2.45, 2.75) is 156 Å². The molecule has 7 aliphatic rings. The highest BCUT2D eigenvalue weighted by atomic mass is 35.5. The van der Waals surface area contributed by atoms with Crippen LogP contribution in [0.5, 0.6) is 46.0 Å². The first-order valence-corrected chi connectivity index (χ1v) is 32.4. The third-order valence-electron chi connectivity index (χ3n) is 17.8. The number of aliphatic hydroxyl groups is 6. The lowest BCUT2D eigenvalue weighted by Gasteiger charge is -2.47. The number of phenols is 3. The van der Waals surface area contributed by atoms with Crippen LogP contribution in [-0.4, -0.2) is 191 Å². The predicted octanol–water partition coefficient (Wildman–Crippen LogP) is 0.106. The van der Waals surface area contributed by atoms with Gasteiger partial charge >= 0.3 is 5.97 Å². The number of carboxylic acid groups (broad SMARTS) is 1. The van der Waals surface area contributed by atoms with Crippen LogP contribution < -0.4 is 62.9 Å². The van der Waals surface area contributed by atoms with Crippen molar-refractivity contribution in [3.05, 3.63) is 117 Å². The number of likely N-dealkylation sites (N-methyl/N-ethyl adjacent to an activating group) is 1. The van der Waals surface area contributed by atoms with Crippen LogP contribution in [-0.2, 0) is 52.6 Å². The molecule has 0 saturated carbocycles. The summed E-state index contributed by atoms with van der Waals surface area (Å²) >= 11 is 14.1. The van der Waals surface area contributed by atoms with Gasteiger partial charge in [0, 0.05) is 34.7 Å². The third-order valence-corrected chi connectivity index (χ3v) is 18.4. The molecule has 0 aromatic heterocycles. The number of phenolic OH excluding ortho intramolecular Hbond substituents is 3. The number of fused-ring (bicyclic) bond motifs is 15. The van der Waals surface area contributed by atoms with Crippen molar-refractivity contribution in [1.29, 1.82) is 0 Å². The molecule has 12 rings (SSSR count). The molecule has 7 aliphatic heterocycles. The number of hydrogen-bond acceptors (Lipinski definition) is 25. The van der Waals surface area contributed by atoms with E-state index >= 15 is 14.4 Å². The molecule has 0 radical (unpaired) electrons. The molecule has 542 valence electrons. The van der Waals surface area contributed by atoms with Crippen molar-refractivity contribution >= 4 is 70.5 Å². The number of ether oxygens (including phenoxy) is 6. The van der Waals surface area contributed by atoms with Crippen LogP contribution in [0, 0.1) is 5.92 Å². The second kappa shape index (κ2) is 30.2. The Balaban J connectivity index is 1.24. The van der Waals surface area contributed by atoms with Crippen LogP contribution in [0.15, 0.2) is 78.9 Å². The molecule has 21 N–H and O–H groups in total. The van der Waals surface area contributed by atoms with Crippen LogP contribution in [0.4, 0.5) is 0 Å². The number of carbonyl (C=O) groups is 8. The number of halogens is 2. The van der Waals surface area contributed by atoms with Crippen LogP contribution in [0.3, 0.4) is 0 Å². The van der Waals surface area contributed by atoms with Gasteiger partial charge in [-0.1, -0.05) is 55.2 Å². The summed E-state index contributed by atoms with van der Waals surface area (Å²) in [5.74, 6) is -16.0. The smallest absolute Gasteiger partial charge is 0.330 e. The van der Waals surface area contributed by atoms with Gasteiger partial charge in [0.1, 0.15) is 89.5 Å². The van der Waals surface area contributed by atoms with E-state index in [2.05, 4.69) is 37.2 Å². The Kier molecular flexibility index (Phi) is 22.2.